The van der Waals surface area contributed by atoms with E-state index in [9.17, 15) is 29.3 Å². The Hall–Kier alpha value is -2.11. The van der Waals surface area contributed by atoms with E-state index in [1.54, 1.807) is 6.08 Å². The number of phosphoric ester groups is 1. The summed E-state index contributed by atoms with van der Waals surface area (Å²) in [5.74, 6) is -0.223. The Morgan fingerprint density at radius 3 is 1.86 bits per heavy atom. The molecule has 0 fully saturated rings. The maximum absolute atomic E-state index is 12.6. The van der Waals surface area contributed by atoms with Crippen molar-refractivity contribution in [2.45, 2.75) is 193 Å². The lowest BCUT2D eigenvalue weighted by Crippen LogP contribution is -2.29. The summed E-state index contributed by atoms with van der Waals surface area (Å²) in [5, 5.41) is 28.4. The number of rotatable bonds is 40. The van der Waals surface area contributed by atoms with Crippen LogP contribution < -0.4 is 0 Å². The maximum atomic E-state index is 12.6. The van der Waals surface area contributed by atoms with Crippen LogP contribution in [0.3, 0.4) is 0 Å². The molecule has 0 aromatic rings. The summed E-state index contributed by atoms with van der Waals surface area (Å²) < 4.78 is 32.6. The predicted octanol–water partition coefficient (Wildman–Crippen LogP) is 10.6. The van der Waals surface area contributed by atoms with Gasteiger partial charge in [0.05, 0.1) is 25.9 Å². The molecule has 0 heterocycles. The number of hydrogen-bond donors (Lipinski definition) is 4. The van der Waals surface area contributed by atoms with Crippen LogP contribution in [-0.2, 0) is 32.7 Å². The van der Waals surface area contributed by atoms with E-state index in [0.717, 1.165) is 31.6 Å². The lowest BCUT2D eigenvalue weighted by atomic mass is 10.0. The van der Waals surface area contributed by atoms with Gasteiger partial charge in [-0.25, -0.2) is 4.57 Å². The Bertz CT molecular complexity index is 1120. The second-order valence-corrected chi connectivity index (χ2v) is 16.9. The fourth-order valence-corrected chi connectivity index (χ4v) is 6.57. The van der Waals surface area contributed by atoms with Gasteiger partial charge >= 0.3 is 19.8 Å². The molecule has 57 heavy (non-hydrogen) atoms. The Kier molecular flexibility index (Phi) is 37.9. The summed E-state index contributed by atoms with van der Waals surface area (Å²) in [4.78, 5) is 35.0. The first-order valence-electron chi connectivity index (χ1n) is 22.1. The number of aliphatic hydroxyl groups excluding tert-OH is 3. The summed E-state index contributed by atoms with van der Waals surface area (Å²) >= 11 is 0. The van der Waals surface area contributed by atoms with Crippen LogP contribution in [0.4, 0.5) is 0 Å². The van der Waals surface area contributed by atoms with Crippen LogP contribution in [0, 0.1) is 5.92 Å². The zero-order valence-electron chi connectivity index (χ0n) is 35.8. The lowest BCUT2D eigenvalue weighted by Gasteiger charge is -2.20. The van der Waals surface area contributed by atoms with Crippen molar-refractivity contribution in [3.05, 3.63) is 48.6 Å². The SMILES string of the molecule is CCCCC/C=C\C=C/[C@@H](O)C/C=C\C/C=C/CCCC(=O)OC[C@H](COP(=O)(O)OC[C@@H](O)CO)OC(=O)CCCCCCCCCCCCCCCC(C)C. The van der Waals surface area contributed by atoms with E-state index in [1.165, 1.54) is 83.5 Å². The molecule has 0 rings (SSSR count). The highest BCUT2D eigenvalue weighted by molar-refractivity contribution is 7.47. The molecule has 332 valence electrons. The van der Waals surface area contributed by atoms with Crippen molar-refractivity contribution in [2.75, 3.05) is 26.4 Å². The van der Waals surface area contributed by atoms with Gasteiger partial charge in [0.2, 0.25) is 0 Å². The molecule has 4 N–H and O–H groups in total. The quantitative estimate of drug-likeness (QED) is 0.0152. The van der Waals surface area contributed by atoms with Gasteiger partial charge in [-0.3, -0.25) is 18.6 Å². The number of carbonyl (C=O) groups is 2. The van der Waals surface area contributed by atoms with E-state index >= 15 is 0 Å². The molecule has 11 nitrogen and oxygen atoms in total. The van der Waals surface area contributed by atoms with Crippen LogP contribution in [0.5, 0.6) is 0 Å². The van der Waals surface area contributed by atoms with Crippen molar-refractivity contribution in [3.8, 4) is 0 Å². The van der Waals surface area contributed by atoms with Crippen LogP contribution >= 0.6 is 7.82 Å². The van der Waals surface area contributed by atoms with Gasteiger partial charge in [0.1, 0.15) is 12.7 Å². The number of unbranched alkanes of at least 4 members (excludes halogenated alkanes) is 16. The summed E-state index contributed by atoms with van der Waals surface area (Å²) in [7, 11) is -4.64. The van der Waals surface area contributed by atoms with E-state index in [0.29, 0.717) is 32.1 Å². The highest BCUT2D eigenvalue weighted by Gasteiger charge is 2.27. The zero-order valence-corrected chi connectivity index (χ0v) is 36.7. The van der Waals surface area contributed by atoms with Crippen LogP contribution in [0.25, 0.3) is 0 Å². The molecule has 1 unspecified atom stereocenters. The molecule has 0 aliphatic rings. The molecule has 0 spiro atoms. The van der Waals surface area contributed by atoms with Crippen molar-refractivity contribution in [3.63, 3.8) is 0 Å². The van der Waals surface area contributed by atoms with Gasteiger partial charge in [0.15, 0.2) is 6.10 Å². The predicted molar refractivity (Wildman–Crippen MR) is 230 cm³/mol. The summed E-state index contributed by atoms with van der Waals surface area (Å²) in [6.45, 7) is 4.53. The lowest BCUT2D eigenvalue weighted by molar-refractivity contribution is -0.161. The minimum Gasteiger partial charge on any atom is -0.462 e. The Morgan fingerprint density at radius 1 is 0.649 bits per heavy atom. The number of aliphatic hydroxyl groups is 3. The molecule has 4 atom stereocenters. The third kappa shape index (κ3) is 40.5. The highest BCUT2D eigenvalue weighted by atomic mass is 31.2. The van der Waals surface area contributed by atoms with Crippen LogP contribution in [0.2, 0.25) is 0 Å². The smallest absolute Gasteiger partial charge is 0.462 e. The van der Waals surface area contributed by atoms with Crippen molar-refractivity contribution in [2.24, 2.45) is 5.92 Å². The molecule has 12 heteroatoms. The maximum Gasteiger partial charge on any atom is 0.472 e. The first-order chi connectivity index (χ1) is 27.5. The third-order valence-corrected chi connectivity index (χ3v) is 10.2. The van der Waals surface area contributed by atoms with E-state index in [1.807, 2.05) is 36.5 Å². The highest BCUT2D eigenvalue weighted by Crippen LogP contribution is 2.43. The average Bonchev–Trinajstić information content (AvgIpc) is 3.18. The Morgan fingerprint density at radius 2 is 1.23 bits per heavy atom. The van der Waals surface area contributed by atoms with Crippen molar-refractivity contribution < 1.29 is 52.9 Å². The number of hydrogen-bond acceptors (Lipinski definition) is 10. The van der Waals surface area contributed by atoms with Gasteiger partial charge in [-0.2, -0.15) is 0 Å². The third-order valence-electron chi connectivity index (χ3n) is 9.24. The van der Waals surface area contributed by atoms with E-state index in [4.69, 9.17) is 19.1 Å². The van der Waals surface area contributed by atoms with E-state index < -0.39 is 57.9 Å². The molecule has 0 saturated carbocycles. The van der Waals surface area contributed by atoms with Gasteiger partial charge in [-0.05, 0) is 50.9 Å². The van der Waals surface area contributed by atoms with Crippen molar-refractivity contribution in [1.29, 1.82) is 0 Å². The Balaban J connectivity index is 4.43. The molecule has 0 aliphatic carbocycles. The summed E-state index contributed by atoms with van der Waals surface area (Å²) in [6, 6.07) is 0. The van der Waals surface area contributed by atoms with Crippen LogP contribution in [0.15, 0.2) is 48.6 Å². The molecule has 0 amide bonds. The number of phosphoric acid groups is 1. The Labute approximate surface area is 346 Å². The number of carbonyl (C=O) groups excluding carboxylic acids is 2. The first-order valence-corrected chi connectivity index (χ1v) is 23.6. The average molecular weight is 829 g/mol. The van der Waals surface area contributed by atoms with Gasteiger partial charge in [0, 0.05) is 12.8 Å². The van der Waals surface area contributed by atoms with Gasteiger partial charge < -0.3 is 29.7 Å². The first kappa shape index (κ1) is 54.9. The fourth-order valence-electron chi connectivity index (χ4n) is 5.78. The number of allylic oxidation sites excluding steroid dienone is 6. The molecule has 0 aromatic heterocycles. The molecular weight excluding hydrogens is 747 g/mol. The molecule has 0 aromatic carbocycles. The fraction of sp³-hybridized carbons (Fsp3) is 0.778. The topological polar surface area (TPSA) is 169 Å². The second kappa shape index (κ2) is 39.4. The molecule has 0 saturated heterocycles. The van der Waals surface area contributed by atoms with Gasteiger partial charge in [-0.15, -0.1) is 0 Å². The van der Waals surface area contributed by atoms with Crippen molar-refractivity contribution >= 4 is 19.8 Å². The van der Waals surface area contributed by atoms with Crippen molar-refractivity contribution in [1.82, 2.24) is 0 Å². The minimum atomic E-state index is -4.64. The molecule has 0 aliphatic heterocycles. The monoisotopic (exact) mass is 829 g/mol. The normalized spacial score (nSPS) is 14.9. The molecule has 0 radical (unpaired) electrons. The number of esters is 2. The second-order valence-electron chi connectivity index (χ2n) is 15.4. The summed E-state index contributed by atoms with van der Waals surface area (Å²) in [6.07, 6.45) is 36.8. The minimum absolute atomic E-state index is 0.131. The molecular formula is C45H81O11P. The largest absolute Gasteiger partial charge is 0.472 e. The van der Waals surface area contributed by atoms with E-state index in [-0.39, 0.29) is 19.4 Å². The zero-order chi connectivity index (χ0) is 42.2. The van der Waals surface area contributed by atoms with Crippen LogP contribution in [-0.4, -0.2) is 76.9 Å². The number of ether oxygens (including phenoxy) is 2. The van der Waals surface area contributed by atoms with Crippen LogP contribution in [0.1, 0.15) is 175 Å². The molecule has 0 bridgehead atoms. The standard InChI is InChI=1S/C45H81O11P/c1-4-5-6-7-16-22-27-32-41(47)33-28-23-18-15-20-24-29-34-44(49)53-38-43(39-55-57(51,52)54-37-42(48)36-46)56-45(50)35-30-25-19-14-12-10-8-9-11-13-17-21-26-31-40(2)3/h15-16,20,22-23,27-28,32,40-43,46-48H,4-14,17-19,21,24-26,29-31,33-39H2,1-3H3,(H,51,52)/b20-15+,22-16-,28-23-,32-27-/t41-,42+,43-/m1/s1. The van der Waals surface area contributed by atoms with E-state index in [2.05, 4.69) is 31.4 Å². The summed E-state index contributed by atoms with van der Waals surface area (Å²) in [5.41, 5.74) is 0. The van der Waals surface area contributed by atoms with Gasteiger partial charge in [0.25, 0.3) is 0 Å². The van der Waals surface area contributed by atoms with Gasteiger partial charge in [-0.1, -0.05) is 166 Å².